The van der Waals surface area contributed by atoms with Gasteiger partial charge in [-0.1, -0.05) is 98.4 Å². The van der Waals surface area contributed by atoms with E-state index in [4.69, 9.17) is 0 Å². The van der Waals surface area contributed by atoms with Gasteiger partial charge in [-0.3, -0.25) is 0 Å². The second-order valence-corrected chi connectivity index (χ2v) is 11.7. The Morgan fingerprint density at radius 3 is 2.56 bits per heavy atom. The molecule has 1 aromatic heterocycles. The van der Waals surface area contributed by atoms with E-state index in [9.17, 15) is 0 Å². The van der Waals surface area contributed by atoms with E-state index in [-0.39, 0.29) is 5.41 Å². The maximum atomic E-state index is 2.49. The van der Waals surface area contributed by atoms with Gasteiger partial charge in [0.05, 0.1) is 16.7 Å². The summed E-state index contributed by atoms with van der Waals surface area (Å²) in [4.78, 5) is 2.70. The first-order valence-electron chi connectivity index (χ1n) is 12.7. The van der Waals surface area contributed by atoms with Crippen molar-refractivity contribution in [2.24, 2.45) is 0 Å². The summed E-state index contributed by atoms with van der Waals surface area (Å²) < 4.78 is 2.49. The highest BCUT2D eigenvalue weighted by Crippen LogP contribution is 2.48. The monoisotopic (exact) mass is 479 g/mol. The number of benzene rings is 4. The number of fused-ring (bicyclic) bond motifs is 8. The molecular weight excluding hydrogens is 454 g/mol. The van der Waals surface area contributed by atoms with Gasteiger partial charge in [-0.15, -0.1) is 0 Å². The van der Waals surface area contributed by atoms with Gasteiger partial charge >= 0.3 is 0 Å². The Morgan fingerprint density at radius 2 is 1.61 bits per heavy atom. The van der Waals surface area contributed by atoms with Gasteiger partial charge in [-0.2, -0.15) is 0 Å². The van der Waals surface area contributed by atoms with E-state index >= 15 is 0 Å². The standard InChI is InChI=1S/C34H25NS/c1-34(2)28-11-5-6-13-31(28)35-30-16-14-21(20-27(30)25-10-7-12-29(34)33(25)35)22-15-17-32-26(19-22)23-8-3-4-9-24(18-23)36-32/h3-20,23H,1-2H3. The van der Waals surface area contributed by atoms with Crippen LogP contribution in [-0.2, 0) is 5.41 Å². The summed E-state index contributed by atoms with van der Waals surface area (Å²) in [5.41, 5.74) is 10.6. The Balaban J connectivity index is 1.36. The molecule has 1 aliphatic carbocycles. The fourth-order valence-electron chi connectivity index (χ4n) is 6.44. The molecule has 1 atom stereocenters. The van der Waals surface area contributed by atoms with Crippen molar-refractivity contribution in [3.8, 4) is 16.8 Å². The van der Waals surface area contributed by atoms with Crippen molar-refractivity contribution < 1.29 is 0 Å². The van der Waals surface area contributed by atoms with Crippen LogP contribution in [0.4, 0.5) is 0 Å². The lowest BCUT2D eigenvalue weighted by molar-refractivity contribution is 0.630. The molecule has 0 radical (unpaired) electrons. The summed E-state index contributed by atoms with van der Waals surface area (Å²) in [5, 5.41) is 2.66. The van der Waals surface area contributed by atoms with E-state index in [1.807, 2.05) is 11.8 Å². The van der Waals surface area contributed by atoms with Crippen molar-refractivity contribution in [2.45, 2.75) is 30.1 Å². The molecule has 1 nitrogen and oxygen atoms in total. The fraction of sp³-hybridized carbons (Fsp3) is 0.118. The lowest BCUT2D eigenvalue weighted by Gasteiger charge is -2.34. The summed E-state index contributed by atoms with van der Waals surface area (Å²) in [7, 11) is 0. The number of allylic oxidation sites excluding steroid dienone is 5. The lowest BCUT2D eigenvalue weighted by Crippen LogP contribution is -2.26. The second kappa shape index (κ2) is 7.15. The third kappa shape index (κ3) is 2.68. The van der Waals surface area contributed by atoms with Crippen molar-refractivity contribution in [3.05, 3.63) is 131 Å². The number of aromatic nitrogens is 1. The van der Waals surface area contributed by atoms with Crippen molar-refractivity contribution in [3.63, 3.8) is 0 Å². The topological polar surface area (TPSA) is 4.93 Å². The number of nitrogens with zero attached hydrogens (tertiary/aromatic N) is 1. The normalized spacial score (nSPS) is 18.6. The summed E-state index contributed by atoms with van der Waals surface area (Å²) in [6, 6.07) is 29.8. The highest BCUT2D eigenvalue weighted by molar-refractivity contribution is 8.03. The van der Waals surface area contributed by atoms with Crippen LogP contribution < -0.4 is 0 Å². The van der Waals surface area contributed by atoms with Gasteiger partial charge in [0.15, 0.2) is 0 Å². The largest absolute Gasteiger partial charge is 0.309 e. The molecule has 3 heterocycles. The lowest BCUT2D eigenvalue weighted by atomic mass is 9.75. The fourth-order valence-corrected chi connectivity index (χ4v) is 7.50. The Bertz CT molecular complexity index is 1840. The third-order valence-electron chi connectivity index (χ3n) is 8.24. The van der Waals surface area contributed by atoms with Crippen LogP contribution >= 0.6 is 11.8 Å². The molecule has 0 fully saturated rings. The summed E-state index contributed by atoms with van der Waals surface area (Å²) in [6.07, 6.45) is 11.2. The number of thioether (sulfide) groups is 1. The van der Waals surface area contributed by atoms with E-state index in [0.29, 0.717) is 5.92 Å². The molecule has 0 saturated carbocycles. The molecule has 36 heavy (non-hydrogen) atoms. The zero-order chi connectivity index (χ0) is 24.0. The van der Waals surface area contributed by atoms with E-state index in [0.717, 1.165) is 0 Å². The van der Waals surface area contributed by atoms with Crippen LogP contribution in [0.3, 0.4) is 0 Å². The van der Waals surface area contributed by atoms with Crippen LogP contribution in [0.15, 0.2) is 119 Å². The van der Waals surface area contributed by atoms with Gasteiger partial charge in [-0.05, 0) is 64.2 Å². The van der Waals surface area contributed by atoms with Crippen LogP contribution in [0.2, 0.25) is 0 Å². The van der Waals surface area contributed by atoms with Crippen LogP contribution in [0.1, 0.15) is 36.5 Å². The first-order chi connectivity index (χ1) is 17.6. The van der Waals surface area contributed by atoms with Crippen molar-refractivity contribution in [2.75, 3.05) is 0 Å². The molecule has 8 rings (SSSR count). The first kappa shape index (κ1) is 20.4. The number of para-hydroxylation sites is 2. The summed E-state index contributed by atoms with van der Waals surface area (Å²) in [5.74, 6) is 0.340. The molecule has 5 aromatic rings. The quantitative estimate of drug-likeness (QED) is 0.232. The number of hydrogen-bond donors (Lipinski definition) is 0. The SMILES string of the molecule is CC1(C)c2ccccc2-n2c3ccc(-c4ccc5c(c4)C4C=CC=CC(=C4)S5)cc3c3cccc1c32. The van der Waals surface area contributed by atoms with Gasteiger partial charge in [0.2, 0.25) is 0 Å². The minimum Gasteiger partial charge on any atom is -0.309 e. The highest BCUT2D eigenvalue weighted by atomic mass is 32.2. The van der Waals surface area contributed by atoms with Crippen LogP contribution in [0.5, 0.6) is 0 Å². The zero-order valence-corrected chi connectivity index (χ0v) is 21.1. The van der Waals surface area contributed by atoms with E-state index in [2.05, 4.69) is 128 Å². The maximum Gasteiger partial charge on any atom is 0.0582 e. The van der Waals surface area contributed by atoms with Crippen LogP contribution in [0.25, 0.3) is 38.6 Å². The third-order valence-corrected chi connectivity index (χ3v) is 9.34. The van der Waals surface area contributed by atoms with Gasteiger partial charge in [0, 0.05) is 31.9 Å². The van der Waals surface area contributed by atoms with Gasteiger partial charge in [-0.25, -0.2) is 0 Å². The average Bonchev–Trinajstić information content (AvgIpc) is 3.11. The van der Waals surface area contributed by atoms with Crippen LogP contribution in [-0.4, -0.2) is 4.57 Å². The molecular formula is C34H25NS. The molecule has 2 bridgehead atoms. The van der Waals surface area contributed by atoms with E-state index in [1.165, 1.54) is 65.1 Å². The van der Waals surface area contributed by atoms with Crippen LogP contribution in [0, 0.1) is 0 Å². The molecule has 0 amide bonds. The average molecular weight is 480 g/mol. The smallest absolute Gasteiger partial charge is 0.0582 e. The minimum absolute atomic E-state index is 0.0348. The zero-order valence-electron chi connectivity index (χ0n) is 20.3. The molecule has 2 aliphatic heterocycles. The van der Waals surface area contributed by atoms with Gasteiger partial charge < -0.3 is 4.57 Å². The molecule has 4 aromatic carbocycles. The van der Waals surface area contributed by atoms with E-state index < -0.39 is 0 Å². The Labute approximate surface area is 215 Å². The van der Waals surface area contributed by atoms with Gasteiger partial charge in [0.1, 0.15) is 0 Å². The Kier molecular flexibility index (Phi) is 4.06. The van der Waals surface area contributed by atoms with Crippen molar-refractivity contribution in [1.29, 1.82) is 0 Å². The number of hydrogen-bond acceptors (Lipinski definition) is 1. The molecule has 3 aliphatic rings. The minimum atomic E-state index is -0.0348. The molecule has 0 spiro atoms. The first-order valence-corrected chi connectivity index (χ1v) is 13.5. The molecule has 0 N–H and O–H groups in total. The second-order valence-electron chi connectivity index (χ2n) is 10.6. The Morgan fingerprint density at radius 1 is 0.778 bits per heavy atom. The van der Waals surface area contributed by atoms with E-state index in [1.54, 1.807) is 0 Å². The predicted octanol–water partition coefficient (Wildman–Crippen LogP) is 9.29. The summed E-state index contributed by atoms with van der Waals surface area (Å²) in [6.45, 7) is 4.71. The molecule has 1 unspecified atom stereocenters. The van der Waals surface area contributed by atoms with Crippen molar-refractivity contribution in [1.82, 2.24) is 4.57 Å². The molecule has 0 saturated heterocycles. The highest BCUT2D eigenvalue weighted by Gasteiger charge is 2.34. The summed E-state index contributed by atoms with van der Waals surface area (Å²) >= 11 is 1.87. The predicted molar refractivity (Wildman–Crippen MR) is 153 cm³/mol. The van der Waals surface area contributed by atoms with Crippen molar-refractivity contribution >= 4 is 33.6 Å². The maximum absolute atomic E-state index is 2.49. The Hall–Kier alpha value is -3.75. The number of rotatable bonds is 1. The van der Waals surface area contributed by atoms with Gasteiger partial charge in [0.25, 0.3) is 0 Å². The molecule has 172 valence electrons. The molecule has 2 heteroatoms.